The Labute approximate surface area is 174 Å². The molecule has 160 valence electrons. The molecule has 0 radical (unpaired) electrons. The van der Waals surface area contributed by atoms with Gasteiger partial charge in [0.1, 0.15) is 5.75 Å². The summed E-state index contributed by atoms with van der Waals surface area (Å²) < 4.78 is 10.9. The maximum absolute atomic E-state index is 13.3. The van der Waals surface area contributed by atoms with E-state index in [-0.39, 0.29) is 16.9 Å². The Hall–Kier alpha value is -1.63. The number of carbonyl (C=O) groups is 1. The lowest BCUT2D eigenvalue weighted by Crippen LogP contribution is -2.65. The van der Waals surface area contributed by atoms with E-state index >= 15 is 0 Å². The number of methoxy groups -OCH3 is 1. The van der Waals surface area contributed by atoms with Crippen LogP contribution in [0, 0.1) is 5.41 Å². The van der Waals surface area contributed by atoms with Crippen LogP contribution >= 0.6 is 0 Å². The molecule has 2 saturated heterocycles. The molecule has 0 aromatic heterocycles. The minimum absolute atomic E-state index is 0.103. The smallest absolute Gasteiger partial charge is 0.229 e. The summed E-state index contributed by atoms with van der Waals surface area (Å²) >= 11 is 0. The standard InChI is InChI=1S/C23H35N3O3/c1-28-20-7-5-6-19(14-20)15-22(16-24-17-22)21(27)25-18-23(8-3-2-4-9-23)26-10-12-29-13-11-26/h5-7,14,24H,2-4,8-13,15-18H2,1H3,(H,25,27). The van der Waals surface area contributed by atoms with Crippen LogP contribution in [0.2, 0.25) is 0 Å². The van der Waals surface area contributed by atoms with E-state index in [0.29, 0.717) is 0 Å². The largest absolute Gasteiger partial charge is 0.497 e. The van der Waals surface area contributed by atoms with Crippen molar-refractivity contribution in [3.8, 4) is 5.75 Å². The molecule has 2 N–H and O–H groups in total. The third kappa shape index (κ3) is 4.44. The lowest BCUT2D eigenvalue weighted by atomic mass is 9.74. The van der Waals surface area contributed by atoms with E-state index in [4.69, 9.17) is 9.47 Å². The Bertz CT molecular complexity index is 692. The summed E-state index contributed by atoms with van der Waals surface area (Å²) in [5, 5.41) is 6.71. The molecule has 1 saturated carbocycles. The molecule has 0 spiro atoms. The first-order valence-electron chi connectivity index (χ1n) is 11.1. The summed E-state index contributed by atoms with van der Waals surface area (Å²) in [5.74, 6) is 1.04. The first-order valence-corrected chi connectivity index (χ1v) is 11.1. The lowest BCUT2D eigenvalue weighted by Gasteiger charge is -2.49. The highest BCUT2D eigenvalue weighted by Crippen LogP contribution is 2.35. The number of hydrogen-bond acceptors (Lipinski definition) is 5. The van der Waals surface area contributed by atoms with Crippen molar-refractivity contribution in [2.75, 3.05) is 53.0 Å². The van der Waals surface area contributed by atoms with Gasteiger partial charge in [-0.05, 0) is 37.0 Å². The van der Waals surface area contributed by atoms with Crippen LogP contribution in [-0.4, -0.2) is 69.4 Å². The van der Waals surface area contributed by atoms with Crippen LogP contribution in [0.25, 0.3) is 0 Å². The Morgan fingerprint density at radius 3 is 2.62 bits per heavy atom. The van der Waals surface area contributed by atoms with Gasteiger partial charge in [-0.3, -0.25) is 9.69 Å². The van der Waals surface area contributed by atoms with E-state index in [0.717, 1.165) is 63.7 Å². The van der Waals surface area contributed by atoms with Crippen LogP contribution in [-0.2, 0) is 16.0 Å². The number of nitrogens with zero attached hydrogens (tertiary/aromatic N) is 1. The zero-order valence-electron chi connectivity index (χ0n) is 17.7. The molecule has 0 unspecified atom stereocenters. The summed E-state index contributed by atoms with van der Waals surface area (Å²) in [7, 11) is 1.68. The topological polar surface area (TPSA) is 62.8 Å². The normalized spacial score (nSPS) is 23.8. The van der Waals surface area contributed by atoms with E-state index in [9.17, 15) is 4.79 Å². The van der Waals surface area contributed by atoms with Crippen molar-refractivity contribution >= 4 is 5.91 Å². The fraction of sp³-hybridized carbons (Fsp3) is 0.696. The van der Waals surface area contributed by atoms with Crippen molar-refractivity contribution in [1.82, 2.24) is 15.5 Å². The fourth-order valence-corrected chi connectivity index (χ4v) is 5.25. The second kappa shape index (κ2) is 9.02. The molecule has 1 aromatic carbocycles. The molecule has 1 amide bonds. The van der Waals surface area contributed by atoms with Crippen LogP contribution < -0.4 is 15.4 Å². The maximum Gasteiger partial charge on any atom is 0.229 e. The Balaban J connectivity index is 1.43. The minimum Gasteiger partial charge on any atom is -0.497 e. The molecule has 2 heterocycles. The van der Waals surface area contributed by atoms with Crippen LogP contribution in [0.3, 0.4) is 0 Å². The number of hydrogen-bond donors (Lipinski definition) is 2. The number of benzene rings is 1. The molecule has 29 heavy (non-hydrogen) atoms. The first kappa shape index (κ1) is 20.6. The third-order valence-electron chi connectivity index (χ3n) is 7.13. The van der Waals surface area contributed by atoms with Crippen LogP contribution in [0.15, 0.2) is 24.3 Å². The van der Waals surface area contributed by atoms with E-state index in [1.165, 1.54) is 32.1 Å². The Kier molecular flexibility index (Phi) is 6.42. The monoisotopic (exact) mass is 401 g/mol. The zero-order valence-corrected chi connectivity index (χ0v) is 17.7. The van der Waals surface area contributed by atoms with Gasteiger partial charge in [0.15, 0.2) is 0 Å². The van der Waals surface area contributed by atoms with Crippen molar-refractivity contribution in [2.24, 2.45) is 5.41 Å². The highest BCUT2D eigenvalue weighted by Gasteiger charge is 2.46. The van der Waals surface area contributed by atoms with E-state index in [2.05, 4.69) is 21.6 Å². The van der Waals surface area contributed by atoms with Crippen molar-refractivity contribution in [3.05, 3.63) is 29.8 Å². The van der Waals surface area contributed by atoms with Gasteiger partial charge in [0, 0.05) is 38.3 Å². The highest BCUT2D eigenvalue weighted by molar-refractivity contribution is 5.84. The van der Waals surface area contributed by atoms with Gasteiger partial charge in [0.05, 0.1) is 25.7 Å². The van der Waals surface area contributed by atoms with Gasteiger partial charge in [-0.2, -0.15) is 0 Å². The van der Waals surface area contributed by atoms with Crippen LogP contribution in [0.4, 0.5) is 0 Å². The molecular weight excluding hydrogens is 366 g/mol. The second-order valence-corrected chi connectivity index (χ2v) is 8.98. The summed E-state index contributed by atoms with van der Waals surface area (Å²) in [6, 6.07) is 8.09. The summed E-state index contributed by atoms with van der Waals surface area (Å²) in [4.78, 5) is 15.9. The average molecular weight is 402 g/mol. The summed E-state index contributed by atoms with van der Waals surface area (Å²) in [6.45, 7) is 5.80. The van der Waals surface area contributed by atoms with Crippen molar-refractivity contribution in [1.29, 1.82) is 0 Å². The van der Waals surface area contributed by atoms with Crippen molar-refractivity contribution in [2.45, 2.75) is 44.1 Å². The van der Waals surface area contributed by atoms with E-state index < -0.39 is 0 Å². The molecule has 1 aromatic rings. The van der Waals surface area contributed by atoms with E-state index in [1.807, 2.05) is 18.2 Å². The predicted octanol–water partition coefficient (Wildman–Crippen LogP) is 1.98. The molecule has 4 rings (SSSR count). The molecule has 1 aliphatic carbocycles. The van der Waals surface area contributed by atoms with Gasteiger partial charge in [0.25, 0.3) is 0 Å². The quantitative estimate of drug-likeness (QED) is 0.732. The van der Waals surface area contributed by atoms with Gasteiger partial charge in [-0.1, -0.05) is 31.4 Å². The Morgan fingerprint density at radius 2 is 1.97 bits per heavy atom. The minimum atomic E-state index is -0.354. The number of rotatable bonds is 7. The predicted molar refractivity (Wildman–Crippen MR) is 113 cm³/mol. The molecule has 3 fully saturated rings. The number of ether oxygens (including phenoxy) is 2. The molecule has 6 nitrogen and oxygen atoms in total. The Morgan fingerprint density at radius 1 is 1.21 bits per heavy atom. The molecule has 2 aliphatic heterocycles. The van der Waals surface area contributed by atoms with Gasteiger partial charge in [-0.15, -0.1) is 0 Å². The molecule has 0 atom stereocenters. The maximum atomic E-state index is 13.3. The molecule has 0 bridgehead atoms. The molecular formula is C23H35N3O3. The van der Waals surface area contributed by atoms with Gasteiger partial charge in [-0.25, -0.2) is 0 Å². The number of amides is 1. The number of carbonyl (C=O) groups excluding carboxylic acids is 1. The van der Waals surface area contributed by atoms with Gasteiger partial charge < -0.3 is 20.1 Å². The molecule has 3 aliphatic rings. The van der Waals surface area contributed by atoms with Gasteiger partial charge in [0.2, 0.25) is 5.91 Å². The molecule has 6 heteroatoms. The number of nitrogens with one attached hydrogen (secondary N) is 2. The first-order chi connectivity index (χ1) is 14.2. The highest BCUT2D eigenvalue weighted by atomic mass is 16.5. The fourth-order valence-electron chi connectivity index (χ4n) is 5.25. The third-order valence-corrected chi connectivity index (χ3v) is 7.13. The summed E-state index contributed by atoms with van der Waals surface area (Å²) in [5.41, 5.74) is 0.903. The number of morpholine rings is 1. The summed E-state index contributed by atoms with van der Waals surface area (Å²) in [6.07, 6.45) is 6.91. The van der Waals surface area contributed by atoms with Crippen LogP contribution in [0.5, 0.6) is 5.75 Å². The van der Waals surface area contributed by atoms with Gasteiger partial charge >= 0.3 is 0 Å². The van der Waals surface area contributed by atoms with E-state index in [1.54, 1.807) is 7.11 Å². The second-order valence-electron chi connectivity index (χ2n) is 8.98. The lowest BCUT2D eigenvalue weighted by molar-refractivity contribution is -0.135. The SMILES string of the molecule is COc1cccc(CC2(C(=O)NCC3(N4CCOCC4)CCCCC3)CNC2)c1. The van der Waals surface area contributed by atoms with Crippen LogP contribution in [0.1, 0.15) is 37.7 Å². The van der Waals surface area contributed by atoms with Crippen molar-refractivity contribution in [3.63, 3.8) is 0 Å². The average Bonchev–Trinajstić information content (AvgIpc) is 2.76. The van der Waals surface area contributed by atoms with Crippen molar-refractivity contribution < 1.29 is 14.3 Å². The zero-order chi connectivity index (χ0) is 20.2.